The van der Waals surface area contributed by atoms with Crippen molar-refractivity contribution in [2.24, 2.45) is 0 Å². The van der Waals surface area contributed by atoms with Crippen LogP contribution in [0.3, 0.4) is 0 Å². The second-order valence-electron chi connectivity index (χ2n) is 22.7. The molecule has 1 aliphatic heterocycles. The van der Waals surface area contributed by atoms with Gasteiger partial charge in [0.1, 0.15) is 42.4 Å². The van der Waals surface area contributed by atoms with Gasteiger partial charge in [-0.3, -0.25) is 0 Å². The van der Waals surface area contributed by atoms with Crippen LogP contribution in [0.5, 0.6) is 0 Å². The van der Waals surface area contributed by atoms with Crippen molar-refractivity contribution in [1.29, 1.82) is 0 Å². The number of rotatable bonds is 17. The fraction of sp³-hybridized carbons (Fsp3) is 0.455. The second kappa shape index (κ2) is 38.1. The Morgan fingerprint density at radius 2 is 0.571 bits per heavy atom. The quantitative estimate of drug-likeness (QED) is 0.0662. The summed E-state index contributed by atoms with van der Waals surface area (Å²) < 4.78 is 4.94. The molecule has 0 spiro atoms. The van der Waals surface area contributed by atoms with Gasteiger partial charge in [0.25, 0.3) is 0 Å². The smallest absolute Gasteiger partial charge is 0.0196 e. The minimum atomic E-state index is -0.775. The molecule has 0 saturated carbocycles. The largest absolute Gasteiger partial charge is 0.698 e. The first-order chi connectivity index (χ1) is 36.2. The molecule has 0 unspecified atom stereocenters. The Morgan fingerprint density at radius 3 is 0.792 bits per heavy atom. The Bertz CT molecular complexity index is 2240. The third-order valence-corrected chi connectivity index (χ3v) is 34.5. The van der Waals surface area contributed by atoms with Crippen molar-refractivity contribution in [2.45, 2.75) is 169 Å². The van der Waals surface area contributed by atoms with Gasteiger partial charge in [-0.2, -0.15) is 0 Å². The van der Waals surface area contributed by atoms with Gasteiger partial charge in [-0.1, -0.05) is 103 Å². The van der Waals surface area contributed by atoms with Crippen LogP contribution < -0.4 is 42.4 Å². The molecule has 0 amide bonds. The number of nitrogens with one attached hydrogen (secondary N) is 1. The Kier molecular flexibility index (Phi) is 35.8. The summed E-state index contributed by atoms with van der Waals surface area (Å²) >= 11 is 6.50. The predicted octanol–water partition coefficient (Wildman–Crippen LogP) is 17.3. The van der Waals surface area contributed by atoms with Crippen LogP contribution in [0.1, 0.15) is 124 Å². The summed E-state index contributed by atoms with van der Waals surface area (Å²) in [5, 5.41) is 13.5. The number of hydrogen-bond acceptors (Lipinski definition) is 1. The van der Waals surface area contributed by atoms with E-state index in [1.54, 1.807) is 42.4 Å². The molecule has 0 aliphatic carbocycles. The first-order valence-corrected chi connectivity index (χ1v) is 41.2. The van der Waals surface area contributed by atoms with Gasteiger partial charge >= 0.3 is 45.4 Å². The maximum Gasteiger partial charge on any atom is -0.0196 e. The molecule has 1 saturated heterocycles. The molecule has 7 rings (SSSR count). The average Bonchev–Trinajstić information content (AvgIpc) is 3.99. The van der Waals surface area contributed by atoms with Crippen molar-refractivity contribution < 1.29 is 36.0 Å². The van der Waals surface area contributed by atoms with E-state index in [0.29, 0.717) is 5.69 Å². The van der Waals surface area contributed by atoms with Crippen LogP contribution in [0.25, 0.3) is 16.9 Å². The third-order valence-electron chi connectivity index (χ3n) is 14.4. The summed E-state index contributed by atoms with van der Waals surface area (Å²) in [6.07, 6.45) is 2.56. The summed E-state index contributed by atoms with van der Waals surface area (Å²) in [6.45, 7) is 46.0. The topological polar surface area (TPSA) is 33.0 Å². The fourth-order valence-electron chi connectivity index (χ4n) is 11.6. The van der Waals surface area contributed by atoms with Gasteiger partial charge in [-0.05, 0) is 183 Å². The van der Waals surface area contributed by atoms with E-state index in [2.05, 4.69) is 249 Å². The van der Waals surface area contributed by atoms with Crippen LogP contribution in [-0.2, 0) is 36.0 Å². The Labute approximate surface area is 505 Å². The zero-order chi connectivity index (χ0) is 56.6. The molecule has 0 radical (unpaired) electrons. The number of benzene rings is 6. The molecule has 1 aliphatic rings. The molecule has 0 atom stereocenters. The molecule has 2 nitrogen and oxygen atoms in total. The first-order valence-electron chi connectivity index (χ1n) is 28.3. The number of hydrogen-bond donors (Lipinski definition) is 0. The molecular formula is C66H102BrCu2NOP6+6. The minimum absolute atomic E-state index is 0. The average molecular weight is 1320 g/mol. The molecule has 6 aromatic carbocycles. The second-order valence-corrected chi connectivity index (χ2v) is 42.4. The van der Waals surface area contributed by atoms with Gasteiger partial charge in [0, 0.05) is 44.9 Å². The molecule has 11 heteroatoms. The summed E-state index contributed by atoms with van der Waals surface area (Å²) in [4.78, 5) is 0. The molecule has 6 aromatic rings. The molecule has 430 valence electrons. The van der Waals surface area contributed by atoms with Crippen molar-refractivity contribution in [1.82, 2.24) is 0 Å². The molecule has 0 aromatic heterocycles. The van der Waals surface area contributed by atoms with Gasteiger partial charge in [-0.15, -0.1) is 5.69 Å². The van der Waals surface area contributed by atoms with Gasteiger partial charge in [0.15, 0.2) is 0 Å². The minimum Gasteiger partial charge on any atom is -0.698 e. The maximum absolute atomic E-state index is 7.71. The van der Waals surface area contributed by atoms with Crippen molar-refractivity contribution in [3.63, 3.8) is 0 Å². The van der Waals surface area contributed by atoms with Gasteiger partial charge in [0.2, 0.25) is 0 Å². The van der Waals surface area contributed by atoms with Crippen LogP contribution in [0, 0.1) is 0 Å². The molecule has 1 N–H and O–H groups in total. The van der Waals surface area contributed by atoms with Crippen molar-refractivity contribution in [3.05, 3.63) is 157 Å². The number of halogens is 1. The van der Waals surface area contributed by atoms with E-state index in [4.69, 9.17) is 10.5 Å². The summed E-state index contributed by atoms with van der Waals surface area (Å²) in [7, 11) is -3.82. The normalized spacial score (nSPS) is 12.5. The van der Waals surface area contributed by atoms with Gasteiger partial charge in [0.05, 0.1) is 74.4 Å². The van der Waals surface area contributed by atoms with E-state index >= 15 is 0 Å². The monoisotopic (exact) mass is 1320 g/mol. The SMILES string of the molecule is C1CCOC1.CC(C)[PH+](c1ccccc1[PH+](C)c1ccccc1[PH+](C(C)C)C(C)C)C(C)C.CC(C)[PH+](c1ccccc1[PH+](C)c1ccccc1[PH+](C(C)C)C(C)C)C(C)C.[Cu+].[Cu][Br].[NH-]c1ccccc1-c1ccccc1. The molecule has 1 fully saturated rings. The van der Waals surface area contributed by atoms with E-state index in [9.17, 15) is 0 Å². The zero-order valence-corrected chi connectivity index (χ0v) is 59.7. The molecule has 77 heavy (non-hydrogen) atoms. The van der Waals surface area contributed by atoms with E-state index in [-0.39, 0.29) is 17.1 Å². The third kappa shape index (κ3) is 22.0. The zero-order valence-electron chi connectivity index (χ0n) is 50.3. The Hall–Kier alpha value is -0.821. The summed E-state index contributed by atoms with van der Waals surface area (Å²) in [5.74, 6) is 0. The van der Waals surface area contributed by atoms with E-state index in [0.717, 1.165) is 69.6 Å². The predicted molar refractivity (Wildman–Crippen MR) is 371 cm³/mol. The van der Waals surface area contributed by atoms with Gasteiger partial charge in [-0.25, -0.2) is 0 Å². The van der Waals surface area contributed by atoms with Crippen LogP contribution in [0.4, 0.5) is 5.69 Å². The molecule has 0 bridgehead atoms. The molecular weight excluding hydrogens is 1220 g/mol. The number of ether oxygens (including phenoxy) is 1. The van der Waals surface area contributed by atoms with E-state index < -0.39 is 47.5 Å². The Balaban J connectivity index is 0.000000386. The maximum atomic E-state index is 7.71. The van der Waals surface area contributed by atoms with Crippen LogP contribution >= 0.6 is 61.6 Å². The summed E-state index contributed by atoms with van der Waals surface area (Å²) in [5.41, 5.74) is 16.5. The Morgan fingerprint density at radius 1 is 0.351 bits per heavy atom. The van der Waals surface area contributed by atoms with E-state index in [1.165, 1.54) is 12.8 Å². The van der Waals surface area contributed by atoms with Crippen LogP contribution in [0.15, 0.2) is 152 Å². The van der Waals surface area contributed by atoms with Crippen molar-refractivity contribution in [3.8, 4) is 11.1 Å². The first kappa shape index (κ1) is 72.3. The standard InChI is InChI=1S/2C25H39P3.C12H10N.C4H8O.BrH.2Cu/c2*1-18(2)27(19(3)4)24-16-12-10-14-22(24)26(9)23-15-11-13-17-25(23)28(20(5)6)21(7)8;13-12-9-5-4-8-11(12)10-6-2-1-3-7-10;1-2-4-5-3-1;;;/h2*10-21H,1-9H3;1-9,13H;1-4H2;1H;;/q;;-1;;;2*+1/p+5. The van der Waals surface area contributed by atoms with Crippen LogP contribution in [-0.4, -0.2) is 71.8 Å². The van der Waals surface area contributed by atoms with Crippen molar-refractivity contribution >= 4 is 110 Å². The molecule has 1 heterocycles. The van der Waals surface area contributed by atoms with Crippen molar-refractivity contribution in [2.75, 3.05) is 26.5 Å². The van der Waals surface area contributed by atoms with E-state index in [1.807, 2.05) is 54.6 Å². The van der Waals surface area contributed by atoms with Gasteiger partial charge < -0.3 is 10.5 Å². The summed E-state index contributed by atoms with van der Waals surface area (Å²) in [6, 6.07) is 55.4. The fourth-order valence-corrected chi connectivity index (χ4v) is 32.5. The van der Waals surface area contributed by atoms with Crippen LogP contribution in [0.2, 0.25) is 0 Å².